The molecule has 3 heterocycles. The predicted octanol–water partition coefficient (Wildman–Crippen LogP) is 5.05. The summed E-state index contributed by atoms with van der Waals surface area (Å²) in [6, 6.07) is 13.4. The minimum Gasteiger partial charge on any atom is -0.356 e. The van der Waals surface area contributed by atoms with Gasteiger partial charge in [-0.2, -0.15) is 0 Å². The lowest BCUT2D eigenvalue weighted by atomic mass is 9.95. The van der Waals surface area contributed by atoms with E-state index in [1.165, 1.54) is 17.7 Å². The van der Waals surface area contributed by atoms with E-state index in [4.69, 9.17) is 0 Å². The van der Waals surface area contributed by atoms with E-state index < -0.39 is 0 Å². The van der Waals surface area contributed by atoms with Crippen molar-refractivity contribution in [3.05, 3.63) is 77.1 Å². The summed E-state index contributed by atoms with van der Waals surface area (Å²) in [6.07, 6.45) is 5.37. The molecule has 0 aliphatic heterocycles. The summed E-state index contributed by atoms with van der Waals surface area (Å²) in [7, 11) is 0. The van der Waals surface area contributed by atoms with Gasteiger partial charge >= 0.3 is 0 Å². The SMILES string of the molecule is O=C(Nc1cc(-c2[nH]c3c(c2Nc2ccccc2)C(=O)CCC3)ccn1)c1cnsc1. The van der Waals surface area contributed by atoms with Gasteiger partial charge in [-0.3, -0.25) is 9.59 Å². The fraction of sp³-hybridized carbons (Fsp3) is 0.130. The number of aromatic nitrogens is 3. The van der Waals surface area contributed by atoms with Gasteiger partial charge in [0, 0.05) is 34.9 Å². The molecule has 0 unspecified atom stereocenters. The lowest BCUT2D eigenvalue weighted by Crippen LogP contribution is -2.12. The van der Waals surface area contributed by atoms with Crippen LogP contribution in [0.2, 0.25) is 0 Å². The molecule has 3 aromatic heterocycles. The Morgan fingerprint density at radius 3 is 2.81 bits per heavy atom. The van der Waals surface area contributed by atoms with Crippen LogP contribution >= 0.6 is 11.5 Å². The topological polar surface area (TPSA) is 99.8 Å². The van der Waals surface area contributed by atoms with Crippen molar-refractivity contribution in [3.8, 4) is 11.3 Å². The first-order valence-electron chi connectivity index (χ1n) is 9.96. The Kier molecular flexibility index (Phi) is 5.05. The molecule has 0 atom stereocenters. The number of benzene rings is 1. The minimum absolute atomic E-state index is 0.134. The van der Waals surface area contributed by atoms with Gasteiger partial charge in [0.15, 0.2) is 5.78 Å². The Hall–Kier alpha value is -3.78. The summed E-state index contributed by atoms with van der Waals surface area (Å²) >= 11 is 1.22. The molecule has 0 saturated carbocycles. The molecule has 1 aliphatic rings. The number of fused-ring (bicyclic) bond motifs is 1. The number of nitrogens with one attached hydrogen (secondary N) is 3. The van der Waals surface area contributed by atoms with Crippen LogP contribution < -0.4 is 10.6 Å². The van der Waals surface area contributed by atoms with Crippen LogP contribution in [0.15, 0.2) is 60.2 Å². The third-order valence-corrected chi connectivity index (χ3v) is 5.80. The third kappa shape index (κ3) is 3.85. The molecule has 1 aromatic carbocycles. The molecule has 1 aliphatic carbocycles. The highest BCUT2D eigenvalue weighted by atomic mass is 32.1. The Morgan fingerprint density at radius 2 is 2.00 bits per heavy atom. The second kappa shape index (κ2) is 8.16. The molecule has 0 saturated heterocycles. The van der Waals surface area contributed by atoms with Crippen LogP contribution in [0.4, 0.5) is 17.2 Å². The second-order valence-corrected chi connectivity index (χ2v) is 7.95. The van der Waals surface area contributed by atoms with Gasteiger partial charge in [0.2, 0.25) is 0 Å². The predicted molar refractivity (Wildman–Crippen MR) is 121 cm³/mol. The molecule has 4 aromatic rings. The molecule has 0 bridgehead atoms. The van der Waals surface area contributed by atoms with Crippen LogP contribution in [0.3, 0.4) is 0 Å². The maximum absolute atomic E-state index is 12.8. The number of aromatic amines is 1. The molecule has 1 amide bonds. The number of amides is 1. The molecule has 7 nitrogen and oxygen atoms in total. The first-order chi connectivity index (χ1) is 15.2. The zero-order chi connectivity index (χ0) is 21.2. The van der Waals surface area contributed by atoms with Gasteiger partial charge in [0.05, 0.1) is 28.7 Å². The lowest BCUT2D eigenvalue weighted by molar-refractivity contribution is 0.0972. The number of aryl methyl sites for hydroxylation is 1. The van der Waals surface area contributed by atoms with Crippen molar-refractivity contribution in [3.63, 3.8) is 0 Å². The minimum atomic E-state index is -0.262. The largest absolute Gasteiger partial charge is 0.356 e. The monoisotopic (exact) mass is 429 g/mol. The van der Waals surface area contributed by atoms with E-state index >= 15 is 0 Å². The van der Waals surface area contributed by atoms with Gasteiger partial charge in [0.25, 0.3) is 5.91 Å². The van der Waals surface area contributed by atoms with E-state index in [2.05, 4.69) is 25.0 Å². The van der Waals surface area contributed by atoms with Gasteiger partial charge in [-0.15, -0.1) is 0 Å². The average Bonchev–Trinajstić information content (AvgIpc) is 3.44. The first kappa shape index (κ1) is 19.2. The number of anilines is 3. The number of hydrogen-bond acceptors (Lipinski definition) is 6. The number of pyridine rings is 1. The highest BCUT2D eigenvalue weighted by Gasteiger charge is 2.27. The van der Waals surface area contributed by atoms with E-state index in [9.17, 15) is 9.59 Å². The fourth-order valence-electron chi connectivity index (χ4n) is 3.76. The van der Waals surface area contributed by atoms with Gasteiger partial charge in [-0.05, 0) is 48.6 Å². The number of Topliss-reactive ketones (excluding diaryl/α,β-unsaturated/α-hetero) is 1. The van der Waals surface area contributed by atoms with E-state index in [1.807, 2.05) is 36.4 Å². The summed E-state index contributed by atoms with van der Waals surface area (Å²) in [5, 5.41) is 7.92. The van der Waals surface area contributed by atoms with Crippen LogP contribution in [0, 0.1) is 0 Å². The van der Waals surface area contributed by atoms with Crippen molar-refractivity contribution in [2.24, 2.45) is 0 Å². The Labute approximate surface area is 182 Å². The van der Waals surface area contributed by atoms with Crippen LogP contribution in [-0.4, -0.2) is 26.0 Å². The fourth-order valence-corrected chi connectivity index (χ4v) is 4.28. The zero-order valence-corrected chi connectivity index (χ0v) is 17.3. The second-order valence-electron chi connectivity index (χ2n) is 7.29. The summed E-state index contributed by atoms with van der Waals surface area (Å²) in [4.78, 5) is 32.9. The van der Waals surface area contributed by atoms with E-state index in [0.29, 0.717) is 17.8 Å². The number of nitrogens with zero attached hydrogens (tertiary/aromatic N) is 2. The van der Waals surface area contributed by atoms with Gasteiger partial charge < -0.3 is 15.6 Å². The Morgan fingerprint density at radius 1 is 1.13 bits per heavy atom. The molecule has 0 radical (unpaired) electrons. The number of carbonyl (C=O) groups is 2. The number of para-hydroxylation sites is 1. The van der Waals surface area contributed by atoms with Gasteiger partial charge in [-0.25, -0.2) is 9.36 Å². The number of hydrogen-bond donors (Lipinski definition) is 3. The van der Waals surface area contributed by atoms with Gasteiger partial charge in [0.1, 0.15) is 5.82 Å². The normalized spacial score (nSPS) is 13.0. The number of rotatable bonds is 5. The number of carbonyl (C=O) groups excluding carboxylic acids is 2. The van der Waals surface area contributed by atoms with E-state index in [1.54, 1.807) is 17.6 Å². The smallest absolute Gasteiger partial charge is 0.259 e. The van der Waals surface area contributed by atoms with E-state index in [0.717, 1.165) is 46.7 Å². The first-order valence-corrected chi connectivity index (χ1v) is 10.8. The number of H-pyrrole nitrogens is 1. The zero-order valence-electron chi connectivity index (χ0n) is 16.5. The summed E-state index contributed by atoms with van der Waals surface area (Å²) in [5.74, 6) is 0.301. The molecule has 0 spiro atoms. The Bertz CT molecular complexity index is 1250. The molecule has 0 fully saturated rings. The quantitative estimate of drug-likeness (QED) is 0.412. The lowest BCUT2D eigenvalue weighted by Gasteiger charge is -2.14. The van der Waals surface area contributed by atoms with Gasteiger partial charge in [-0.1, -0.05) is 18.2 Å². The van der Waals surface area contributed by atoms with Crippen molar-refractivity contribution < 1.29 is 9.59 Å². The van der Waals surface area contributed by atoms with Crippen LogP contribution in [0.5, 0.6) is 0 Å². The van der Waals surface area contributed by atoms with Crippen molar-refractivity contribution in [1.82, 2.24) is 14.3 Å². The average molecular weight is 430 g/mol. The maximum atomic E-state index is 12.8. The van der Waals surface area contributed by atoms with Crippen molar-refractivity contribution in [2.75, 3.05) is 10.6 Å². The van der Waals surface area contributed by atoms with Crippen molar-refractivity contribution in [2.45, 2.75) is 19.3 Å². The molecule has 3 N–H and O–H groups in total. The summed E-state index contributed by atoms with van der Waals surface area (Å²) in [6.45, 7) is 0. The number of ketones is 1. The highest BCUT2D eigenvalue weighted by molar-refractivity contribution is 7.03. The van der Waals surface area contributed by atoms with Crippen LogP contribution in [0.1, 0.15) is 39.3 Å². The molecular weight excluding hydrogens is 410 g/mol. The highest BCUT2D eigenvalue weighted by Crippen LogP contribution is 2.39. The maximum Gasteiger partial charge on any atom is 0.259 e. The molecule has 31 heavy (non-hydrogen) atoms. The molecule has 154 valence electrons. The summed E-state index contributed by atoms with van der Waals surface area (Å²) in [5.41, 5.74) is 5.44. The molecule has 5 rings (SSSR count). The Balaban J connectivity index is 1.54. The third-order valence-electron chi connectivity index (χ3n) is 5.21. The molecular formula is C23H19N5O2S. The van der Waals surface area contributed by atoms with Crippen LogP contribution in [-0.2, 0) is 6.42 Å². The van der Waals surface area contributed by atoms with Crippen LogP contribution in [0.25, 0.3) is 11.3 Å². The summed E-state index contributed by atoms with van der Waals surface area (Å²) < 4.78 is 3.96. The van der Waals surface area contributed by atoms with Crippen molar-refractivity contribution >= 4 is 40.4 Å². The van der Waals surface area contributed by atoms with E-state index in [-0.39, 0.29) is 11.7 Å². The van der Waals surface area contributed by atoms with Crippen molar-refractivity contribution in [1.29, 1.82) is 0 Å². The standard InChI is InChI=1S/C23H19N5O2S/c29-18-8-4-7-17-20(18)22(26-16-5-2-1-3-6-16)21(27-17)14-9-10-24-19(11-14)28-23(30)15-12-25-31-13-15/h1-3,5-6,9-13,26-27H,4,7-8H2,(H,24,28,30). The molecule has 8 heteroatoms.